The minimum absolute atomic E-state index is 0.1000. The number of H-pyrrole nitrogens is 1. The van der Waals surface area contributed by atoms with Crippen LogP contribution in [0.25, 0.3) is 10.9 Å². The second kappa shape index (κ2) is 8.40. The normalized spacial score (nSPS) is 17.1. The van der Waals surface area contributed by atoms with Crippen LogP contribution in [0.2, 0.25) is 0 Å². The van der Waals surface area contributed by atoms with Crippen LogP contribution >= 0.6 is 0 Å². The number of hydrogen-bond acceptors (Lipinski definition) is 7. The first-order valence-corrected chi connectivity index (χ1v) is 9.88. The molecule has 9 nitrogen and oxygen atoms in total. The molecule has 3 heterocycles. The molecule has 0 saturated carbocycles. The van der Waals surface area contributed by atoms with Gasteiger partial charge < -0.3 is 14.6 Å². The summed E-state index contributed by atoms with van der Waals surface area (Å²) < 4.78 is 6.95. The maximum Gasteiger partial charge on any atom is 0.253 e. The molecule has 2 aromatic heterocycles. The number of methoxy groups -OCH3 is 1. The van der Waals surface area contributed by atoms with Gasteiger partial charge in [0.2, 0.25) is 0 Å². The molecule has 1 aromatic carbocycles. The standard InChI is InChI=1S/C20H27N7O2/c1-14-5-4-6-15-13-16(20(28)21-17(14)15)18(26-9-7-25(2)8-10-26)19-22-23-24-27(19)11-12-29-3/h4-6,13,18H,7-12H2,1-3H3,(H,21,28). The lowest BCUT2D eigenvalue weighted by molar-refractivity contribution is 0.119. The second-order valence-electron chi connectivity index (χ2n) is 7.59. The lowest BCUT2D eigenvalue weighted by atomic mass is 10.0. The summed E-state index contributed by atoms with van der Waals surface area (Å²) >= 11 is 0. The number of aryl methyl sites for hydroxylation is 1. The summed E-state index contributed by atoms with van der Waals surface area (Å²) in [7, 11) is 3.76. The number of nitrogens with one attached hydrogen (secondary N) is 1. The number of piperazine rings is 1. The molecular weight excluding hydrogens is 370 g/mol. The van der Waals surface area contributed by atoms with Crippen LogP contribution in [0.15, 0.2) is 29.1 Å². The predicted octanol–water partition coefficient (Wildman–Crippen LogP) is 0.806. The quantitative estimate of drug-likeness (QED) is 0.658. The summed E-state index contributed by atoms with van der Waals surface area (Å²) in [6.45, 7) is 6.57. The number of aromatic amines is 1. The van der Waals surface area contributed by atoms with Gasteiger partial charge in [-0.15, -0.1) is 5.10 Å². The van der Waals surface area contributed by atoms with E-state index < -0.39 is 0 Å². The van der Waals surface area contributed by atoms with Gasteiger partial charge in [-0.2, -0.15) is 0 Å². The van der Waals surface area contributed by atoms with Crippen LogP contribution in [-0.4, -0.2) is 81.9 Å². The molecule has 0 spiro atoms. The Morgan fingerprint density at radius 1 is 1.24 bits per heavy atom. The van der Waals surface area contributed by atoms with Crippen LogP contribution in [0.5, 0.6) is 0 Å². The molecule has 1 N–H and O–H groups in total. The molecule has 1 unspecified atom stereocenters. The molecule has 4 rings (SSSR count). The minimum atomic E-state index is -0.316. The van der Waals surface area contributed by atoms with E-state index >= 15 is 0 Å². The number of benzene rings is 1. The van der Waals surface area contributed by atoms with Crippen LogP contribution < -0.4 is 5.56 Å². The van der Waals surface area contributed by atoms with E-state index in [1.807, 2.05) is 31.2 Å². The monoisotopic (exact) mass is 397 g/mol. The van der Waals surface area contributed by atoms with E-state index in [0.29, 0.717) is 24.5 Å². The number of rotatable bonds is 6. The molecule has 0 radical (unpaired) electrons. The Bertz CT molecular complexity index is 1040. The van der Waals surface area contributed by atoms with E-state index in [0.717, 1.165) is 42.6 Å². The Hall–Kier alpha value is -2.62. The molecule has 3 aromatic rings. The summed E-state index contributed by atoms with van der Waals surface area (Å²) in [6.07, 6.45) is 0. The molecule has 29 heavy (non-hydrogen) atoms. The molecule has 1 aliphatic heterocycles. The highest BCUT2D eigenvalue weighted by Gasteiger charge is 2.32. The molecule has 1 fully saturated rings. The Labute approximate surface area is 169 Å². The van der Waals surface area contributed by atoms with Crippen LogP contribution in [0, 0.1) is 6.92 Å². The molecule has 1 saturated heterocycles. The third-order valence-corrected chi connectivity index (χ3v) is 5.63. The predicted molar refractivity (Wildman–Crippen MR) is 110 cm³/mol. The summed E-state index contributed by atoms with van der Waals surface area (Å²) in [5.74, 6) is 0.670. The first-order valence-electron chi connectivity index (χ1n) is 9.88. The number of pyridine rings is 1. The van der Waals surface area contributed by atoms with Gasteiger partial charge in [-0.1, -0.05) is 18.2 Å². The van der Waals surface area contributed by atoms with Crippen molar-refractivity contribution in [3.05, 3.63) is 51.6 Å². The van der Waals surface area contributed by atoms with E-state index in [1.165, 1.54) is 0 Å². The SMILES string of the molecule is COCCn1nnnc1C(c1cc2cccc(C)c2[nH]c1=O)N1CCN(C)CC1. The van der Waals surface area contributed by atoms with Crippen molar-refractivity contribution < 1.29 is 4.74 Å². The fraction of sp³-hybridized carbons (Fsp3) is 0.500. The van der Waals surface area contributed by atoms with Gasteiger partial charge in [-0.3, -0.25) is 9.69 Å². The second-order valence-corrected chi connectivity index (χ2v) is 7.59. The highest BCUT2D eigenvalue weighted by Crippen LogP contribution is 2.28. The minimum Gasteiger partial charge on any atom is -0.383 e. The fourth-order valence-corrected chi connectivity index (χ4v) is 3.93. The maximum absolute atomic E-state index is 13.2. The highest BCUT2D eigenvalue weighted by molar-refractivity contribution is 5.82. The smallest absolute Gasteiger partial charge is 0.253 e. The van der Waals surface area contributed by atoms with Crippen LogP contribution in [-0.2, 0) is 11.3 Å². The van der Waals surface area contributed by atoms with Crippen molar-refractivity contribution in [1.82, 2.24) is 35.0 Å². The van der Waals surface area contributed by atoms with Gasteiger partial charge in [-0.05, 0) is 41.4 Å². The van der Waals surface area contributed by atoms with Crippen LogP contribution in [0.3, 0.4) is 0 Å². The van der Waals surface area contributed by atoms with Gasteiger partial charge in [0, 0.05) is 38.9 Å². The number of nitrogens with zero attached hydrogens (tertiary/aromatic N) is 6. The number of fused-ring (bicyclic) bond motifs is 1. The van der Waals surface area contributed by atoms with E-state index in [9.17, 15) is 4.79 Å². The molecule has 0 aliphatic carbocycles. The molecule has 0 amide bonds. The lowest BCUT2D eigenvalue weighted by Crippen LogP contribution is -2.47. The summed E-state index contributed by atoms with van der Waals surface area (Å²) in [5, 5.41) is 13.4. The first kappa shape index (κ1) is 19.7. The van der Waals surface area contributed by atoms with E-state index in [1.54, 1.807) is 11.8 Å². The van der Waals surface area contributed by atoms with E-state index in [2.05, 4.69) is 37.4 Å². The molecular formula is C20H27N7O2. The third-order valence-electron chi connectivity index (χ3n) is 5.63. The number of hydrogen-bond donors (Lipinski definition) is 1. The van der Waals surface area contributed by atoms with Crippen LogP contribution in [0.1, 0.15) is 23.0 Å². The van der Waals surface area contributed by atoms with Gasteiger partial charge in [0.25, 0.3) is 5.56 Å². The summed E-state index contributed by atoms with van der Waals surface area (Å²) in [4.78, 5) is 20.8. The molecule has 0 bridgehead atoms. The molecule has 9 heteroatoms. The Balaban J connectivity index is 1.83. The number of tetrazole rings is 1. The summed E-state index contributed by atoms with van der Waals surface area (Å²) in [6, 6.07) is 7.70. The molecule has 1 atom stereocenters. The van der Waals surface area contributed by atoms with Crippen molar-refractivity contribution in [2.75, 3.05) is 46.9 Å². The zero-order valence-corrected chi connectivity index (χ0v) is 17.1. The lowest BCUT2D eigenvalue weighted by Gasteiger charge is -2.37. The van der Waals surface area contributed by atoms with Gasteiger partial charge in [-0.25, -0.2) is 4.68 Å². The van der Waals surface area contributed by atoms with Gasteiger partial charge in [0.1, 0.15) is 6.04 Å². The fourth-order valence-electron chi connectivity index (χ4n) is 3.93. The van der Waals surface area contributed by atoms with Crippen molar-refractivity contribution in [2.24, 2.45) is 0 Å². The zero-order chi connectivity index (χ0) is 20.4. The average Bonchev–Trinajstić information content (AvgIpc) is 3.17. The van der Waals surface area contributed by atoms with E-state index in [-0.39, 0.29) is 11.6 Å². The maximum atomic E-state index is 13.2. The highest BCUT2D eigenvalue weighted by atomic mass is 16.5. The average molecular weight is 397 g/mol. The molecule has 154 valence electrons. The van der Waals surface area contributed by atoms with Crippen molar-refractivity contribution in [3.8, 4) is 0 Å². The van der Waals surface area contributed by atoms with E-state index in [4.69, 9.17) is 4.74 Å². The number of ether oxygens (including phenoxy) is 1. The topological polar surface area (TPSA) is 92.2 Å². The van der Waals surface area contributed by atoms with Gasteiger partial charge >= 0.3 is 0 Å². The van der Waals surface area contributed by atoms with Crippen molar-refractivity contribution in [2.45, 2.75) is 19.5 Å². The van der Waals surface area contributed by atoms with Crippen molar-refractivity contribution in [3.63, 3.8) is 0 Å². The number of aromatic nitrogens is 5. The van der Waals surface area contributed by atoms with Gasteiger partial charge in [0.05, 0.1) is 18.7 Å². The number of likely N-dealkylation sites (N-methyl/N-ethyl adjacent to an activating group) is 1. The zero-order valence-electron chi connectivity index (χ0n) is 17.1. The largest absolute Gasteiger partial charge is 0.383 e. The molecule has 1 aliphatic rings. The van der Waals surface area contributed by atoms with Crippen LogP contribution in [0.4, 0.5) is 0 Å². The van der Waals surface area contributed by atoms with Crippen molar-refractivity contribution >= 4 is 10.9 Å². The van der Waals surface area contributed by atoms with Gasteiger partial charge in [0.15, 0.2) is 5.82 Å². The first-order chi connectivity index (χ1) is 14.1. The third kappa shape index (κ3) is 3.93. The number of para-hydroxylation sites is 1. The Morgan fingerprint density at radius 2 is 2.03 bits per heavy atom. The Morgan fingerprint density at radius 3 is 2.79 bits per heavy atom. The van der Waals surface area contributed by atoms with Crippen molar-refractivity contribution in [1.29, 1.82) is 0 Å². The summed E-state index contributed by atoms with van der Waals surface area (Å²) in [5.41, 5.74) is 2.49. The Kier molecular flexibility index (Phi) is 5.70.